The van der Waals surface area contributed by atoms with Gasteiger partial charge in [0, 0.05) is 60.4 Å². The van der Waals surface area contributed by atoms with Crippen LogP contribution < -0.4 is 0 Å². The number of hydrogen-bond donors (Lipinski definition) is 0. The fourth-order valence-corrected chi connectivity index (χ4v) is 9.77. The van der Waals surface area contributed by atoms with Crippen LogP contribution in [0.5, 0.6) is 0 Å². The highest BCUT2D eigenvalue weighted by Crippen LogP contribution is 2.44. The summed E-state index contributed by atoms with van der Waals surface area (Å²) in [7, 11) is 0. The SMILES string of the molecule is c1ccc(-c2nc(-c3ccccc3)nc(-c3ccc4c(c3)c3cccc(-n5c6ccccc6c6c5ccc5c7ccccc7n(-c7ccccc7)c56)c3n4-c3ccccc3)n2)cc1. The van der Waals surface area contributed by atoms with Gasteiger partial charge in [-0.2, -0.15) is 0 Å². The number of para-hydroxylation sites is 5. The second-order valence-electron chi connectivity index (χ2n) is 16.0. The largest absolute Gasteiger partial charge is 0.309 e. The Morgan fingerprint density at radius 1 is 0.270 bits per heavy atom. The van der Waals surface area contributed by atoms with E-state index in [2.05, 4.69) is 171 Å². The van der Waals surface area contributed by atoms with Crippen molar-refractivity contribution in [3.63, 3.8) is 0 Å². The van der Waals surface area contributed by atoms with Gasteiger partial charge in [-0.25, -0.2) is 15.0 Å². The molecule has 4 heterocycles. The zero-order valence-corrected chi connectivity index (χ0v) is 34.0. The molecule has 63 heavy (non-hydrogen) atoms. The molecule has 9 aromatic carbocycles. The molecule has 294 valence electrons. The van der Waals surface area contributed by atoms with Crippen molar-refractivity contribution < 1.29 is 0 Å². The molecule has 0 aliphatic heterocycles. The molecule has 0 aliphatic carbocycles. The summed E-state index contributed by atoms with van der Waals surface area (Å²) in [5.41, 5.74) is 13.0. The van der Waals surface area contributed by atoms with E-state index in [1.165, 1.54) is 32.6 Å². The summed E-state index contributed by atoms with van der Waals surface area (Å²) in [5.74, 6) is 1.90. The molecule has 6 nitrogen and oxygen atoms in total. The van der Waals surface area contributed by atoms with Gasteiger partial charge in [-0.3, -0.25) is 0 Å². The third kappa shape index (κ3) is 5.41. The Morgan fingerprint density at radius 3 is 1.37 bits per heavy atom. The second-order valence-corrected chi connectivity index (χ2v) is 16.0. The maximum absolute atomic E-state index is 5.11. The Bertz CT molecular complexity index is 3830. The van der Waals surface area contributed by atoms with Crippen LogP contribution in [0.25, 0.3) is 117 Å². The molecule has 0 saturated carbocycles. The van der Waals surface area contributed by atoms with Gasteiger partial charge in [0.05, 0.1) is 38.8 Å². The van der Waals surface area contributed by atoms with Gasteiger partial charge >= 0.3 is 0 Å². The van der Waals surface area contributed by atoms with Gasteiger partial charge in [-0.1, -0.05) is 152 Å². The summed E-state index contributed by atoms with van der Waals surface area (Å²) in [6.07, 6.45) is 0. The maximum Gasteiger partial charge on any atom is 0.164 e. The van der Waals surface area contributed by atoms with Crippen molar-refractivity contribution in [1.29, 1.82) is 0 Å². The molecule has 0 amide bonds. The first-order valence-electron chi connectivity index (χ1n) is 21.3. The summed E-state index contributed by atoms with van der Waals surface area (Å²) in [6.45, 7) is 0. The molecular formula is C57H36N6. The monoisotopic (exact) mass is 804 g/mol. The van der Waals surface area contributed by atoms with Gasteiger partial charge in [-0.15, -0.1) is 0 Å². The minimum absolute atomic E-state index is 0.626. The van der Waals surface area contributed by atoms with E-state index in [0.717, 1.165) is 66.6 Å². The van der Waals surface area contributed by atoms with Gasteiger partial charge in [0.2, 0.25) is 0 Å². The zero-order valence-electron chi connectivity index (χ0n) is 34.0. The van der Waals surface area contributed by atoms with E-state index in [0.29, 0.717) is 17.5 Å². The maximum atomic E-state index is 5.11. The Morgan fingerprint density at radius 2 is 0.730 bits per heavy atom. The lowest BCUT2D eigenvalue weighted by molar-refractivity contribution is 1.07. The van der Waals surface area contributed by atoms with Crippen LogP contribution >= 0.6 is 0 Å². The number of nitrogens with zero attached hydrogens (tertiary/aromatic N) is 6. The van der Waals surface area contributed by atoms with Crippen LogP contribution in [-0.4, -0.2) is 28.7 Å². The minimum atomic E-state index is 0.626. The highest BCUT2D eigenvalue weighted by Gasteiger charge is 2.24. The van der Waals surface area contributed by atoms with Gasteiger partial charge in [-0.05, 0) is 66.7 Å². The van der Waals surface area contributed by atoms with Crippen molar-refractivity contribution in [3.05, 3.63) is 218 Å². The Hall–Kier alpha value is -8.61. The van der Waals surface area contributed by atoms with E-state index < -0.39 is 0 Å². The number of benzene rings is 9. The van der Waals surface area contributed by atoms with E-state index in [9.17, 15) is 0 Å². The van der Waals surface area contributed by atoms with Crippen LogP contribution in [0, 0.1) is 0 Å². The highest BCUT2D eigenvalue weighted by molar-refractivity contribution is 6.26. The van der Waals surface area contributed by atoms with Crippen molar-refractivity contribution in [3.8, 4) is 51.2 Å². The van der Waals surface area contributed by atoms with Crippen LogP contribution in [0.4, 0.5) is 0 Å². The Balaban J connectivity index is 1.11. The average Bonchev–Trinajstić information content (AvgIpc) is 4.00. The lowest BCUT2D eigenvalue weighted by Crippen LogP contribution is -2.01. The normalized spacial score (nSPS) is 11.8. The molecule has 0 N–H and O–H groups in total. The number of rotatable bonds is 6. The number of hydrogen-bond acceptors (Lipinski definition) is 3. The van der Waals surface area contributed by atoms with Crippen LogP contribution in [0.1, 0.15) is 0 Å². The Labute approximate surface area is 362 Å². The lowest BCUT2D eigenvalue weighted by Gasteiger charge is -2.14. The molecule has 0 saturated heterocycles. The van der Waals surface area contributed by atoms with Gasteiger partial charge in [0.25, 0.3) is 0 Å². The standard InChI is InChI=1S/C57H36N6/c1-5-18-37(19-6-1)55-58-56(38-20-7-2-8-21-38)60-57(59-55)39-32-34-49-46(36-39)43-28-17-31-51(53(43)61(49)40-22-9-3-10-23-40)63-48-30-16-14-27-45(48)52-50(63)35-33-44-42-26-13-15-29-47(42)62(54(44)52)41-24-11-4-12-25-41/h1-36H. The van der Waals surface area contributed by atoms with Crippen LogP contribution in [0.15, 0.2) is 218 Å². The van der Waals surface area contributed by atoms with Crippen molar-refractivity contribution in [2.75, 3.05) is 0 Å². The zero-order chi connectivity index (χ0) is 41.4. The molecule has 0 bridgehead atoms. The molecule has 6 heteroatoms. The number of aromatic nitrogens is 6. The smallest absolute Gasteiger partial charge is 0.164 e. The quantitative estimate of drug-likeness (QED) is 0.168. The van der Waals surface area contributed by atoms with E-state index >= 15 is 0 Å². The summed E-state index contributed by atoms with van der Waals surface area (Å²) < 4.78 is 7.34. The predicted octanol–water partition coefficient (Wildman–Crippen LogP) is 14.2. The second kappa shape index (κ2) is 14.0. The van der Waals surface area contributed by atoms with Crippen molar-refractivity contribution in [2.45, 2.75) is 0 Å². The summed E-state index contributed by atoms with van der Waals surface area (Å²) in [5, 5.41) is 7.16. The first-order valence-corrected chi connectivity index (χ1v) is 21.3. The fourth-order valence-electron chi connectivity index (χ4n) is 9.77. The molecule has 0 atom stereocenters. The van der Waals surface area contributed by atoms with Crippen molar-refractivity contribution in [1.82, 2.24) is 28.7 Å². The number of fused-ring (bicyclic) bond motifs is 10. The molecule has 0 spiro atoms. The van der Waals surface area contributed by atoms with E-state index in [1.54, 1.807) is 0 Å². The fraction of sp³-hybridized carbons (Fsp3) is 0. The first kappa shape index (κ1) is 35.2. The van der Waals surface area contributed by atoms with Crippen molar-refractivity contribution in [2.24, 2.45) is 0 Å². The minimum Gasteiger partial charge on any atom is -0.309 e. The lowest BCUT2D eigenvalue weighted by atomic mass is 10.1. The highest BCUT2D eigenvalue weighted by atomic mass is 15.1. The summed E-state index contributed by atoms with van der Waals surface area (Å²) in [4.78, 5) is 15.2. The molecule has 0 radical (unpaired) electrons. The van der Waals surface area contributed by atoms with Gasteiger partial charge in [0.15, 0.2) is 17.5 Å². The molecular weight excluding hydrogens is 769 g/mol. The molecule has 0 fully saturated rings. The topological polar surface area (TPSA) is 53.5 Å². The van der Waals surface area contributed by atoms with Gasteiger partial charge in [0.1, 0.15) is 0 Å². The summed E-state index contributed by atoms with van der Waals surface area (Å²) in [6, 6.07) is 77.4. The molecule has 13 aromatic rings. The molecule has 0 aliphatic rings. The van der Waals surface area contributed by atoms with E-state index in [1.807, 2.05) is 60.7 Å². The van der Waals surface area contributed by atoms with Gasteiger partial charge < -0.3 is 13.7 Å². The van der Waals surface area contributed by atoms with Crippen molar-refractivity contribution >= 4 is 65.4 Å². The third-order valence-electron chi connectivity index (χ3n) is 12.5. The predicted molar refractivity (Wildman–Crippen MR) is 259 cm³/mol. The third-order valence-corrected chi connectivity index (χ3v) is 12.5. The molecule has 13 rings (SSSR count). The first-order chi connectivity index (χ1) is 31.3. The average molecular weight is 805 g/mol. The summed E-state index contributed by atoms with van der Waals surface area (Å²) >= 11 is 0. The van der Waals surface area contributed by atoms with Crippen LogP contribution in [0.3, 0.4) is 0 Å². The Kier molecular flexibility index (Phi) is 7.80. The van der Waals surface area contributed by atoms with E-state index in [-0.39, 0.29) is 0 Å². The van der Waals surface area contributed by atoms with Crippen LogP contribution in [-0.2, 0) is 0 Å². The van der Waals surface area contributed by atoms with Crippen LogP contribution in [0.2, 0.25) is 0 Å². The molecule has 0 unspecified atom stereocenters. The van der Waals surface area contributed by atoms with E-state index in [4.69, 9.17) is 15.0 Å². The molecule has 4 aromatic heterocycles.